The van der Waals surface area contributed by atoms with Crippen molar-refractivity contribution in [3.05, 3.63) is 58.1 Å². The lowest BCUT2D eigenvalue weighted by molar-refractivity contribution is -0.129. The summed E-state index contributed by atoms with van der Waals surface area (Å²) < 4.78 is 11.7. The zero-order valence-electron chi connectivity index (χ0n) is 18.8. The van der Waals surface area contributed by atoms with Gasteiger partial charge in [-0.25, -0.2) is 0 Å². The van der Waals surface area contributed by atoms with E-state index in [0.717, 1.165) is 44.4 Å². The highest BCUT2D eigenvalue weighted by molar-refractivity contribution is 6.31. The van der Waals surface area contributed by atoms with Gasteiger partial charge in [0, 0.05) is 34.7 Å². The van der Waals surface area contributed by atoms with Gasteiger partial charge in [0.15, 0.2) is 11.9 Å². The average Bonchev–Trinajstić information content (AvgIpc) is 3.06. The van der Waals surface area contributed by atoms with Crippen molar-refractivity contribution in [2.24, 2.45) is 0 Å². The number of nitrogens with zero attached hydrogens (tertiary/aromatic N) is 1. The number of carbonyl (C=O) groups is 2. The van der Waals surface area contributed by atoms with Crippen LogP contribution < -0.4 is 14.8 Å². The van der Waals surface area contributed by atoms with E-state index < -0.39 is 6.10 Å². The highest BCUT2D eigenvalue weighted by Gasteiger charge is 2.41. The molecule has 5 rings (SSSR count). The summed E-state index contributed by atoms with van der Waals surface area (Å²) >= 11 is 11.9. The Morgan fingerprint density at radius 2 is 1.76 bits per heavy atom. The molecular formula is C26H28Cl2N2O4. The highest BCUT2D eigenvalue weighted by atomic mass is 35.5. The van der Waals surface area contributed by atoms with Crippen LogP contribution in [0, 0.1) is 0 Å². The normalized spacial score (nSPS) is 26.0. The van der Waals surface area contributed by atoms with Gasteiger partial charge in [-0.05, 0) is 74.6 Å². The van der Waals surface area contributed by atoms with Gasteiger partial charge < -0.3 is 14.8 Å². The van der Waals surface area contributed by atoms with Crippen LogP contribution in [0.5, 0.6) is 11.5 Å². The minimum atomic E-state index is -0.790. The predicted molar refractivity (Wildman–Crippen MR) is 131 cm³/mol. The van der Waals surface area contributed by atoms with Crippen LogP contribution in [0.3, 0.4) is 0 Å². The fourth-order valence-electron chi connectivity index (χ4n) is 5.46. The Balaban J connectivity index is 1.10. The van der Waals surface area contributed by atoms with E-state index in [2.05, 4.69) is 10.2 Å². The molecule has 0 aliphatic carbocycles. The first kappa shape index (κ1) is 23.5. The number of hydrogen-bond acceptors (Lipinski definition) is 5. The molecule has 1 N–H and O–H groups in total. The number of rotatable bonds is 7. The average molecular weight is 503 g/mol. The number of amides is 1. The van der Waals surface area contributed by atoms with E-state index in [1.54, 1.807) is 18.2 Å². The molecule has 1 amide bonds. The fourth-order valence-corrected chi connectivity index (χ4v) is 5.76. The molecule has 8 heteroatoms. The summed E-state index contributed by atoms with van der Waals surface area (Å²) in [5.74, 6) is 0.946. The van der Waals surface area contributed by atoms with Gasteiger partial charge in [-0.2, -0.15) is 0 Å². The number of hydrogen-bond donors (Lipinski definition) is 1. The van der Waals surface area contributed by atoms with Crippen molar-refractivity contribution in [1.29, 1.82) is 0 Å². The monoisotopic (exact) mass is 502 g/mol. The molecule has 2 saturated heterocycles. The number of fused-ring (bicyclic) bond motifs is 3. The molecule has 0 spiro atoms. The van der Waals surface area contributed by atoms with E-state index in [-0.39, 0.29) is 24.2 Å². The predicted octanol–water partition coefficient (Wildman–Crippen LogP) is 4.91. The maximum Gasteiger partial charge on any atom is 0.261 e. The highest BCUT2D eigenvalue weighted by Crippen LogP contribution is 2.36. The minimum Gasteiger partial charge on any atom is -0.494 e. The number of ketones is 1. The third-order valence-corrected chi connectivity index (χ3v) is 7.54. The van der Waals surface area contributed by atoms with Crippen molar-refractivity contribution in [2.45, 2.75) is 62.8 Å². The molecule has 2 aromatic carbocycles. The molecule has 0 saturated carbocycles. The third kappa shape index (κ3) is 5.19. The van der Waals surface area contributed by atoms with E-state index in [1.807, 2.05) is 24.3 Å². The van der Waals surface area contributed by atoms with Gasteiger partial charge in [-0.15, -0.1) is 0 Å². The number of ether oxygens (including phenoxy) is 2. The molecule has 6 nitrogen and oxygen atoms in total. The molecule has 2 aromatic rings. The summed E-state index contributed by atoms with van der Waals surface area (Å²) in [6.45, 7) is 1.65. The SMILES string of the molecule is O=C1C[C@H](C(=O)N[C@@H]2C[C@H]3CC[C@@H](C2)N3CCCOc2ccc(Cl)cc2)Oc2ccc(Cl)cc21. The second kappa shape index (κ2) is 10.1. The van der Waals surface area contributed by atoms with Gasteiger partial charge in [-0.3, -0.25) is 14.5 Å². The molecule has 3 heterocycles. The molecule has 34 heavy (non-hydrogen) atoms. The van der Waals surface area contributed by atoms with Crippen LogP contribution in [0.15, 0.2) is 42.5 Å². The van der Waals surface area contributed by atoms with Crippen molar-refractivity contribution < 1.29 is 19.1 Å². The number of halogens is 2. The van der Waals surface area contributed by atoms with Crippen LogP contribution >= 0.6 is 23.2 Å². The summed E-state index contributed by atoms with van der Waals surface area (Å²) in [6, 6.07) is 13.4. The number of nitrogens with one attached hydrogen (secondary N) is 1. The zero-order chi connectivity index (χ0) is 23.7. The zero-order valence-corrected chi connectivity index (χ0v) is 20.4. The van der Waals surface area contributed by atoms with Crippen molar-refractivity contribution in [3.63, 3.8) is 0 Å². The van der Waals surface area contributed by atoms with E-state index in [1.165, 1.54) is 0 Å². The molecule has 0 radical (unpaired) electrons. The fraction of sp³-hybridized carbons (Fsp3) is 0.462. The van der Waals surface area contributed by atoms with Crippen LogP contribution in [0.1, 0.15) is 48.9 Å². The van der Waals surface area contributed by atoms with E-state index in [0.29, 0.717) is 40.0 Å². The topological polar surface area (TPSA) is 67.9 Å². The Bertz CT molecular complexity index is 1050. The first-order valence-electron chi connectivity index (χ1n) is 11.9. The summed E-state index contributed by atoms with van der Waals surface area (Å²) in [6.07, 6.45) is 4.36. The summed E-state index contributed by atoms with van der Waals surface area (Å²) in [7, 11) is 0. The molecule has 3 aliphatic heterocycles. The van der Waals surface area contributed by atoms with Gasteiger partial charge in [0.25, 0.3) is 5.91 Å². The molecule has 3 aliphatic rings. The molecule has 2 fully saturated rings. The first-order valence-corrected chi connectivity index (χ1v) is 12.7. The van der Waals surface area contributed by atoms with E-state index >= 15 is 0 Å². The number of Topliss-reactive ketones (excluding diaryl/α,β-unsaturated/α-hetero) is 1. The van der Waals surface area contributed by atoms with Crippen molar-refractivity contribution >= 4 is 34.9 Å². The first-order chi connectivity index (χ1) is 16.5. The lowest BCUT2D eigenvalue weighted by Gasteiger charge is -2.39. The largest absolute Gasteiger partial charge is 0.494 e. The standard InChI is InChI=1S/C26H28Cl2N2O4/c27-16-2-7-21(8-3-16)33-11-1-10-30-19-5-6-20(30)14-18(13-19)29-26(32)25-15-23(31)22-12-17(28)4-9-24(22)34-25/h2-4,7-9,12,18-20,25H,1,5-6,10-11,13-15H2,(H,29,32)/t18-,19-,20+,25-/m1/s1. The maximum atomic E-state index is 12.9. The van der Waals surface area contributed by atoms with E-state index in [9.17, 15) is 9.59 Å². The second-order valence-electron chi connectivity index (χ2n) is 9.33. The molecule has 2 bridgehead atoms. The van der Waals surface area contributed by atoms with Crippen LogP contribution in [0.2, 0.25) is 10.0 Å². The van der Waals surface area contributed by atoms with Crippen LogP contribution in [0.25, 0.3) is 0 Å². The third-order valence-electron chi connectivity index (χ3n) is 7.05. The Labute approximate surface area is 209 Å². The minimum absolute atomic E-state index is 0.0402. The Morgan fingerprint density at radius 3 is 2.50 bits per heavy atom. The van der Waals surface area contributed by atoms with Crippen molar-refractivity contribution in [3.8, 4) is 11.5 Å². The van der Waals surface area contributed by atoms with Gasteiger partial charge in [0.2, 0.25) is 0 Å². The molecule has 0 aromatic heterocycles. The van der Waals surface area contributed by atoms with E-state index in [4.69, 9.17) is 32.7 Å². The lowest BCUT2D eigenvalue weighted by Crippen LogP contribution is -2.53. The van der Waals surface area contributed by atoms with Gasteiger partial charge in [0.1, 0.15) is 11.5 Å². The van der Waals surface area contributed by atoms with Crippen LogP contribution in [-0.2, 0) is 4.79 Å². The summed E-state index contributed by atoms with van der Waals surface area (Å²) in [5.41, 5.74) is 0.447. The number of piperidine rings is 1. The maximum absolute atomic E-state index is 12.9. The van der Waals surface area contributed by atoms with Gasteiger partial charge in [0.05, 0.1) is 18.6 Å². The van der Waals surface area contributed by atoms with Gasteiger partial charge >= 0.3 is 0 Å². The van der Waals surface area contributed by atoms with Crippen LogP contribution in [-0.4, -0.2) is 54.0 Å². The molecule has 4 atom stereocenters. The smallest absolute Gasteiger partial charge is 0.261 e. The Morgan fingerprint density at radius 1 is 1.06 bits per heavy atom. The quantitative estimate of drug-likeness (QED) is 0.544. The molecule has 0 unspecified atom stereocenters. The molecular weight excluding hydrogens is 475 g/mol. The Hall–Kier alpha value is -2.28. The summed E-state index contributed by atoms with van der Waals surface area (Å²) in [4.78, 5) is 28.0. The van der Waals surface area contributed by atoms with Crippen molar-refractivity contribution in [1.82, 2.24) is 10.2 Å². The molecule has 180 valence electrons. The van der Waals surface area contributed by atoms with Gasteiger partial charge in [-0.1, -0.05) is 23.2 Å². The summed E-state index contributed by atoms with van der Waals surface area (Å²) in [5, 5.41) is 4.35. The lowest BCUT2D eigenvalue weighted by atomic mass is 9.95. The number of benzene rings is 2. The Kier molecular flexibility index (Phi) is 7.00. The second-order valence-corrected chi connectivity index (χ2v) is 10.2. The van der Waals surface area contributed by atoms with Crippen molar-refractivity contribution in [2.75, 3.05) is 13.2 Å². The number of carbonyl (C=O) groups excluding carboxylic acids is 2. The van der Waals surface area contributed by atoms with Crippen LogP contribution in [0.4, 0.5) is 0 Å².